The van der Waals surface area contributed by atoms with Crippen molar-refractivity contribution in [2.45, 2.75) is 32.4 Å². The van der Waals surface area contributed by atoms with Crippen LogP contribution in [0.1, 0.15) is 20.8 Å². The minimum atomic E-state index is -0.594. The molecule has 0 aromatic rings. The average molecular weight is 131 g/mol. The van der Waals surface area contributed by atoms with Crippen LogP contribution in [-0.4, -0.2) is 35.7 Å². The monoisotopic (exact) mass is 131 g/mol. The van der Waals surface area contributed by atoms with Crippen LogP contribution < -0.4 is 0 Å². The van der Waals surface area contributed by atoms with E-state index in [0.29, 0.717) is 0 Å². The van der Waals surface area contributed by atoms with Gasteiger partial charge in [-0.05, 0) is 34.9 Å². The Morgan fingerprint density at radius 2 is 1.67 bits per heavy atom. The first-order valence-corrected chi connectivity index (χ1v) is 3.24. The molecule has 0 rings (SSSR count). The van der Waals surface area contributed by atoms with Gasteiger partial charge < -0.3 is 10.0 Å². The van der Waals surface area contributed by atoms with Crippen molar-refractivity contribution in [2.75, 3.05) is 14.1 Å². The quantitative estimate of drug-likeness (QED) is 0.596. The van der Waals surface area contributed by atoms with Gasteiger partial charge in [-0.25, -0.2) is 0 Å². The summed E-state index contributed by atoms with van der Waals surface area (Å²) >= 11 is 0. The third-order valence-electron chi connectivity index (χ3n) is 1.80. The van der Waals surface area contributed by atoms with Gasteiger partial charge in [0, 0.05) is 6.04 Å². The molecule has 0 aromatic heterocycles. The number of hydrogen-bond acceptors (Lipinski definition) is 2. The van der Waals surface area contributed by atoms with Gasteiger partial charge in [-0.15, -0.1) is 0 Å². The summed E-state index contributed by atoms with van der Waals surface area (Å²) in [5.41, 5.74) is -0.594. The summed E-state index contributed by atoms with van der Waals surface area (Å²) < 4.78 is 0. The Bertz CT molecular complexity index is 83.4. The lowest BCUT2D eigenvalue weighted by molar-refractivity contribution is 0.00647. The Kier molecular flexibility index (Phi) is 2.65. The van der Waals surface area contributed by atoms with Crippen LogP contribution in [0.4, 0.5) is 0 Å². The molecule has 56 valence electrons. The molecular weight excluding hydrogens is 114 g/mol. The third kappa shape index (κ3) is 2.82. The van der Waals surface area contributed by atoms with Crippen LogP contribution >= 0.6 is 0 Å². The predicted molar refractivity (Wildman–Crippen MR) is 39.4 cm³/mol. The van der Waals surface area contributed by atoms with Gasteiger partial charge >= 0.3 is 0 Å². The van der Waals surface area contributed by atoms with Crippen LogP contribution in [0.15, 0.2) is 0 Å². The van der Waals surface area contributed by atoms with Crippen LogP contribution in [0.2, 0.25) is 0 Å². The molecule has 1 unspecified atom stereocenters. The van der Waals surface area contributed by atoms with E-state index in [-0.39, 0.29) is 6.04 Å². The largest absolute Gasteiger partial charge is 0.389 e. The minimum absolute atomic E-state index is 0.206. The van der Waals surface area contributed by atoms with E-state index in [9.17, 15) is 5.11 Å². The van der Waals surface area contributed by atoms with Gasteiger partial charge in [-0.3, -0.25) is 0 Å². The van der Waals surface area contributed by atoms with Gasteiger partial charge in [0.15, 0.2) is 0 Å². The van der Waals surface area contributed by atoms with Crippen molar-refractivity contribution in [3.05, 3.63) is 0 Å². The van der Waals surface area contributed by atoms with E-state index in [2.05, 4.69) is 0 Å². The van der Waals surface area contributed by atoms with Gasteiger partial charge in [0.2, 0.25) is 0 Å². The van der Waals surface area contributed by atoms with E-state index < -0.39 is 5.60 Å². The summed E-state index contributed by atoms with van der Waals surface area (Å²) in [6.45, 7) is 5.63. The molecule has 1 atom stereocenters. The number of likely N-dealkylation sites (N-methyl/N-ethyl adjacent to an activating group) is 1. The molecular formula is C7H17NO. The van der Waals surface area contributed by atoms with E-state index in [1.165, 1.54) is 0 Å². The van der Waals surface area contributed by atoms with Crippen LogP contribution in [-0.2, 0) is 0 Å². The maximum atomic E-state index is 9.41. The molecule has 0 radical (unpaired) electrons. The molecule has 1 N–H and O–H groups in total. The molecule has 0 aliphatic carbocycles. The molecule has 0 heterocycles. The van der Waals surface area contributed by atoms with E-state index >= 15 is 0 Å². The molecule has 2 heteroatoms. The minimum Gasteiger partial charge on any atom is -0.389 e. The van der Waals surface area contributed by atoms with Crippen molar-refractivity contribution in [3.8, 4) is 0 Å². The summed E-state index contributed by atoms with van der Waals surface area (Å²) in [5.74, 6) is 0. The number of nitrogens with zero attached hydrogens (tertiary/aromatic N) is 1. The van der Waals surface area contributed by atoms with E-state index in [0.717, 1.165) is 0 Å². The van der Waals surface area contributed by atoms with Crippen molar-refractivity contribution in [3.63, 3.8) is 0 Å². The molecule has 2 nitrogen and oxygen atoms in total. The Morgan fingerprint density at radius 1 is 1.33 bits per heavy atom. The summed E-state index contributed by atoms with van der Waals surface area (Å²) in [5, 5.41) is 9.41. The van der Waals surface area contributed by atoms with Crippen molar-refractivity contribution >= 4 is 0 Å². The molecule has 0 fully saturated rings. The first-order valence-electron chi connectivity index (χ1n) is 3.24. The maximum Gasteiger partial charge on any atom is 0.0743 e. The van der Waals surface area contributed by atoms with Crippen molar-refractivity contribution in [1.29, 1.82) is 0 Å². The number of aliphatic hydroxyl groups is 1. The second-order valence-corrected chi connectivity index (χ2v) is 3.29. The topological polar surface area (TPSA) is 23.5 Å². The van der Waals surface area contributed by atoms with Crippen LogP contribution in [0.25, 0.3) is 0 Å². The van der Waals surface area contributed by atoms with Crippen molar-refractivity contribution < 1.29 is 5.11 Å². The highest BCUT2D eigenvalue weighted by Gasteiger charge is 2.23. The third-order valence-corrected chi connectivity index (χ3v) is 1.80. The molecule has 0 amide bonds. The highest BCUT2D eigenvalue weighted by molar-refractivity contribution is 4.78. The lowest BCUT2D eigenvalue weighted by Gasteiger charge is -2.31. The fourth-order valence-electron chi connectivity index (χ4n) is 0.632. The highest BCUT2D eigenvalue weighted by atomic mass is 16.3. The van der Waals surface area contributed by atoms with Gasteiger partial charge in [-0.2, -0.15) is 0 Å². The second kappa shape index (κ2) is 2.67. The fraction of sp³-hybridized carbons (Fsp3) is 1.00. The average Bonchev–Trinajstić information content (AvgIpc) is 1.62. The first-order chi connectivity index (χ1) is 3.85. The molecule has 0 bridgehead atoms. The van der Waals surface area contributed by atoms with E-state index in [1.54, 1.807) is 0 Å². The summed E-state index contributed by atoms with van der Waals surface area (Å²) in [6, 6.07) is 0.206. The first kappa shape index (κ1) is 8.92. The van der Waals surface area contributed by atoms with Gasteiger partial charge in [0.1, 0.15) is 0 Å². The number of hydrogen-bond donors (Lipinski definition) is 1. The molecule has 0 aromatic carbocycles. The lowest BCUT2D eigenvalue weighted by atomic mass is 10.0. The lowest BCUT2D eigenvalue weighted by Crippen LogP contribution is -2.43. The Morgan fingerprint density at radius 3 is 1.67 bits per heavy atom. The zero-order chi connectivity index (χ0) is 7.65. The molecule has 0 saturated carbocycles. The van der Waals surface area contributed by atoms with E-state index in [1.807, 2.05) is 39.8 Å². The van der Waals surface area contributed by atoms with Gasteiger partial charge in [-0.1, -0.05) is 0 Å². The zero-order valence-corrected chi connectivity index (χ0v) is 6.97. The molecule has 0 spiro atoms. The Hall–Kier alpha value is -0.0800. The number of rotatable bonds is 2. The standard InChI is InChI=1S/C7H17NO/c1-6(8(4)5)7(2,3)9/h6,9H,1-5H3. The molecule has 0 aliphatic rings. The Labute approximate surface area is 57.5 Å². The zero-order valence-electron chi connectivity index (χ0n) is 6.97. The van der Waals surface area contributed by atoms with Gasteiger partial charge in [0.05, 0.1) is 5.60 Å². The second-order valence-electron chi connectivity index (χ2n) is 3.29. The van der Waals surface area contributed by atoms with Crippen molar-refractivity contribution in [1.82, 2.24) is 4.90 Å². The van der Waals surface area contributed by atoms with Crippen LogP contribution in [0.5, 0.6) is 0 Å². The maximum absolute atomic E-state index is 9.41. The summed E-state index contributed by atoms with van der Waals surface area (Å²) in [7, 11) is 3.92. The molecule has 0 aliphatic heterocycles. The summed E-state index contributed by atoms with van der Waals surface area (Å²) in [6.07, 6.45) is 0. The van der Waals surface area contributed by atoms with Crippen LogP contribution in [0, 0.1) is 0 Å². The van der Waals surface area contributed by atoms with Crippen LogP contribution in [0.3, 0.4) is 0 Å². The fourth-order valence-corrected chi connectivity index (χ4v) is 0.632. The highest BCUT2D eigenvalue weighted by Crippen LogP contribution is 2.11. The smallest absolute Gasteiger partial charge is 0.0743 e. The molecule has 0 saturated heterocycles. The normalized spacial score (nSPS) is 16.3. The summed E-state index contributed by atoms with van der Waals surface area (Å²) in [4.78, 5) is 2.00. The van der Waals surface area contributed by atoms with Crippen molar-refractivity contribution in [2.24, 2.45) is 0 Å². The SMILES string of the molecule is CC(N(C)C)C(C)(C)O. The predicted octanol–water partition coefficient (Wildman–Crippen LogP) is 0.707. The Balaban J connectivity index is 3.88. The molecule has 9 heavy (non-hydrogen) atoms. The van der Waals surface area contributed by atoms with Gasteiger partial charge in [0.25, 0.3) is 0 Å². The van der Waals surface area contributed by atoms with E-state index in [4.69, 9.17) is 0 Å².